The zero-order valence-corrected chi connectivity index (χ0v) is 8.78. The van der Waals surface area contributed by atoms with E-state index >= 15 is 0 Å². The highest BCUT2D eigenvalue weighted by atomic mass is 32.1. The molecule has 2 rings (SSSR count). The second-order valence-electron chi connectivity index (χ2n) is 3.14. The van der Waals surface area contributed by atoms with Crippen LogP contribution in [0.1, 0.15) is 0 Å². The van der Waals surface area contributed by atoms with Gasteiger partial charge in [0.05, 0.1) is 5.56 Å². The SMILES string of the molecule is O=[N+]([S-])c1ccccc1-c1ccccc1. The minimum absolute atomic E-state index is 0.475. The number of rotatable bonds is 2. The molecule has 2 aromatic rings. The van der Waals surface area contributed by atoms with Gasteiger partial charge in [-0.15, -0.1) is 0 Å². The van der Waals surface area contributed by atoms with Crippen molar-refractivity contribution in [3.8, 4) is 11.1 Å². The molecule has 0 spiro atoms. The average molecular weight is 215 g/mol. The van der Waals surface area contributed by atoms with Crippen LogP contribution in [0.3, 0.4) is 0 Å². The van der Waals surface area contributed by atoms with Crippen LogP contribution in [0.4, 0.5) is 5.69 Å². The van der Waals surface area contributed by atoms with Crippen molar-refractivity contribution in [2.45, 2.75) is 0 Å². The summed E-state index contributed by atoms with van der Waals surface area (Å²) in [7, 11) is 0. The van der Waals surface area contributed by atoms with Gasteiger partial charge in [0.1, 0.15) is 0 Å². The highest BCUT2D eigenvalue weighted by Gasteiger charge is 2.10. The monoisotopic (exact) mass is 215 g/mol. The van der Waals surface area contributed by atoms with E-state index in [0.29, 0.717) is 9.85 Å². The van der Waals surface area contributed by atoms with Crippen LogP contribution in [0, 0.1) is 4.91 Å². The molecule has 0 atom stereocenters. The van der Waals surface area contributed by atoms with E-state index in [9.17, 15) is 4.91 Å². The fraction of sp³-hybridized carbons (Fsp3) is 0. The Labute approximate surface area is 93.7 Å². The molecule has 0 amide bonds. The summed E-state index contributed by atoms with van der Waals surface area (Å²) in [5, 5.41) is 0. The van der Waals surface area contributed by atoms with Crippen molar-refractivity contribution in [3.63, 3.8) is 0 Å². The third-order valence-electron chi connectivity index (χ3n) is 2.19. The van der Waals surface area contributed by atoms with Crippen molar-refractivity contribution in [1.29, 1.82) is 0 Å². The fourth-order valence-electron chi connectivity index (χ4n) is 1.49. The summed E-state index contributed by atoms with van der Waals surface area (Å²) >= 11 is 4.61. The fourth-order valence-corrected chi connectivity index (χ4v) is 1.65. The summed E-state index contributed by atoms with van der Waals surface area (Å²) in [5.41, 5.74) is 2.38. The quantitative estimate of drug-likeness (QED) is 0.566. The number of para-hydroxylation sites is 1. The van der Waals surface area contributed by atoms with Gasteiger partial charge in [0.2, 0.25) is 5.69 Å². The lowest BCUT2D eigenvalue weighted by molar-refractivity contribution is -0.261. The summed E-state index contributed by atoms with van der Waals surface area (Å²) in [6.45, 7) is 0. The van der Waals surface area contributed by atoms with Crippen molar-refractivity contribution in [1.82, 2.24) is 0 Å². The summed E-state index contributed by atoms with van der Waals surface area (Å²) in [6, 6.07) is 17.0. The van der Waals surface area contributed by atoms with Gasteiger partial charge < -0.3 is 12.8 Å². The van der Waals surface area contributed by atoms with Crippen LogP contribution >= 0.6 is 0 Å². The second kappa shape index (κ2) is 4.19. The van der Waals surface area contributed by atoms with Gasteiger partial charge in [-0.3, -0.25) is 0 Å². The molecule has 0 bridgehead atoms. The van der Waals surface area contributed by atoms with Crippen LogP contribution in [-0.2, 0) is 12.8 Å². The van der Waals surface area contributed by atoms with Gasteiger partial charge in [0.25, 0.3) is 0 Å². The molecule has 0 N–H and O–H groups in total. The van der Waals surface area contributed by atoms with Gasteiger partial charge in [0.15, 0.2) is 0 Å². The maximum Gasteiger partial charge on any atom is 0.245 e. The third-order valence-corrected chi connectivity index (χ3v) is 2.38. The average Bonchev–Trinajstić information content (AvgIpc) is 2.30. The number of nitrogens with zero attached hydrogens (tertiary/aromatic N) is 1. The van der Waals surface area contributed by atoms with Gasteiger partial charge in [0, 0.05) is 11.0 Å². The molecule has 74 valence electrons. The van der Waals surface area contributed by atoms with Crippen molar-refractivity contribution in [2.24, 2.45) is 0 Å². The van der Waals surface area contributed by atoms with E-state index < -0.39 is 0 Å². The van der Waals surface area contributed by atoms with E-state index in [-0.39, 0.29) is 0 Å². The van der Waals surface area contributed by atoms with Crippen LogP contribution < -0.4 is 0 Å². The lowest BCUT2D eigenvalue weighted by Gasteiger charge is -2.03. The molecule has 0 radical (unpaired) electrons. The van der Waals surface area contributed by atoms with E-state index in [2.05, 4.69) is 12.8 Å². The second-order valence-corrected chi connectivity index (χ2v) is 3.47. The van der Waals surface area contributed by atoms with Gasteiger partial charge >= 0.3 is 0 Å². The standard InChI is InChI=1S/C12H9NOS/c14-13(15)12-9-5-4-8-11(12)10-6-2-1-3-7-10/h1-9H. The number of hydrogen-bond donors (Lipinski definition) is 0. The predicted octanol–water partition coefficient (Wildman–Crippen LogP) is 3.23. The largest absolute Gasteiger partial charge is 0.364 e. The van der Waals surface area contributed by atoms with Gasteiger partial charge in [-0.2, -0.15) is 0 Å². The third kappa shape index (κ3) is 2.02. The summed E-state index contributed by atoms with van der Waals surface area (Å²) in [6.07, 6.45) is 0. The molecule has 15 heavy (non-hydrogen) atoms. The van der Waals surface area contributed by atoms with Crippen LogP contribution in [0.5, 0.6) is 0 Å². The number of benzene rings is 2. The Balaban J connectivity index is 2.58. The molecule has 0 aromatic heterocycles. The first-order valence-electron chi connectivity index (χ1n) is 4.58. The van der Waals surface area contributed by atoms with Crippen molar-refractivity contribution in [3.05, 3.63) is 59.5 Å². The molecule has 2 nitrogen and oxygen atoms in total. The summed E-state index contributed by atoms with van der Waals surface area (Å²) in [5.74, 6) is 0. The van der Waals surface area contributed by atoms with Crippen LogP contribution in [0.2, 0.25) is 0 Å². The maximum atomic E-state index is 11.2. The topological polar surface area (TPSA) is 20.1 Å². The molecule has 0 saturated heterocycles. The zero-order chi connectivity index (χ0) is 10.7. The lowest BCUT2D eigenvalue weighted by Crippen LogP contribution is -1.91. The Morgan fingerprint density at radius 3 is 2.13 bits per heavy atom. The molecule has 0 heterocycles. The predicted molar refractivity (Wildman–Crippen MR) is 62.5 cm³/mol. The maximum absolute atomic E-state index is 11.2. The molecule has 0 fully saturated rings. The van der Waals surface area contributed by atoms with E-state index in [1.54, 1.807) is 12.1 Å². The molecule has 0 unspecified atom stereocenters. The van der Waals surface area contributed by atoms with Gasteiger partial charge in [-0.25, -0.2) is 0 Å². The first kappa shape index (κ1) is 9.80. The molecular formula is C12H9NOS. The molecule has 2 aromatic carbocycles. The first-order valence-corrected chi connectivity index (χ1v) is 4.94. The molecule has 0 saturated carbocycles. The summed E-state index contributed by atoms with van der Waals surface area (Å²) < 4.78 is 0.475. The molecule has 0 aliphatic carbocycles. The first-order chi connectivity index (χ1) is 7.29. The van der Waals surface area contributed by atoms with Crippen molar-refractivity contribution in [2.75, 3.05) is 0 Å². The minimum atomic E-state index is 0.475. The Kier molecular flexibility index (Phi) is 2.74. The molecule has 0 aliphatic rings. The van der Waals surface area contributed by atoms with Crippen LogP contribution in [0.15, 0.2) is 54.6 Å². The van der Waals surface area contributed by atoms with E-state index in [4.69, 9.17) is 0 Å². The Hall–Kier alpha value is -1.74. The number of nitroso groups, excluding NO2 is 1. The Morgan fingerprint density at radius 1 is 0.867 bits per heavy atom. The molecule has 0 aliphatic heterocycles. The molecule has 3 heteroatoms. The van der Waals surface area contributed by atoms with Crippen molar-refractivity contribution < 1.29 is 4.17 Å². The van der Waals surface area contributed by atoms with E-state index in [1.165, 1.54) is 0 Å². The number of hydrogen-bond acceptors (Lipinski definition) is 2. The smallest absolute Gasteiger partial charge is 0.245 e. The Morgan fingerprint density at radius 2 is 1.47 bits per heavy atom. The summed E-state index contributed by atoms with van der Waals surface area (Å²) in [4.78, 5) is 11.2. The lowest BCUT2D eigenvalue weighted by atomic mass is 10.0. The van der Waals surface area contributed by atoms with Crippen LogP contribution in [0.25, 0.3) is 11.1 Å². The highest BCUT2D eigenvalue weighted by Crippen LogP contribution is 2.28. The van der Waals surface area contributed by atoms with Gasteiger partial charge in [-0.1, -0.05) is 46.6 Å². The normalized spacial score (nSPS) is 9.87. The zero-order valence-electron chi connectivity index (χ0n) is 7.96. The molecular weight excluding hydrogens is 206 g/mol. The van der Waals surface area contributed by atoms with Crippen LogP contribution in [-0.4, -0.2) is 4.17 Å². The highest BCUT2D eigenvalue weighted by molar-refractivity contribution is 7.51. The van der Waals surface area contributed by atoms with Crippen molar-refractivity contribution >= 4 is 18.5 Å². The van der Waals surface area contributed by atoms with Gasteiger partial charge in [-0.05, 0) is 11.6 Å². The van der Waals surface area contributed by atoms with E-state index in [0.717, 1.165) is 11.1 Å². The Bertz CT molecular complexity index is 482. The minimum Gasteiger partial charge on any atom is -0.364 e. The van der Waals surface area contributed by atoms with E-state index in [1.807, 2.05) is 42.5 Å².